The summed E-state index contributed by atoms with van der Waals surface area (Å²) in [6, 6.07) is 0. The molecule has 0 bridgehead atoms. The van der Waals surface area contributed by atoms with Crippen LogP contribution in [-0.2, 0) is 29.2 Å². The second-order valence-corrected chi connectivity index (χ2v) is 4.55. The fourth-order valence-electron chi connectivity index (χ4n) is 0.617. The van der Waals surface area contributed by atoms with E-state index in [1.807, 2.05) is 0 Å². The molecule has 0 fully saturated rings. The lowest BCUT2D eigenvalue weighted by atomic mass is 10.4. The van der Waals surface area contributed by atoms with Crippen LogP contribution in [0.4, 0.5) is 8.78 Å². The number of carbonyl (C=O) groups is 2. The van der Waals surface area contributed by atoms with Crippen molar-refractivity contribution in [3.05, 3.63) is 12.7 Å². The van der Waals surface area contributed by atoms with Crippen LogP contribution in [0.1, 0.15) is 6.92 Å². The monoisotopic (exact) mass is 288 g/mol. The molecule has 0 aromatic heterocycles. The lowest BCUT2D eigenvalue weighted by Crippen LogP contribution is -2.36. The molecule has 0 rings (SSSR count). The summed E-state index contributed by atoms with van der Waals surface area (Å²) in [5, 5.41) is -4.63. The minimum Gasteiger partial charge on any atom is -0.455 e. The molecule has 10 heteroatoms. The van der Waals surface area contributed by atoms with Crippen LogP contribution in [0.5, 0.6) is 0 Å². The highest BCUT2D eigenvalue weighted by molar-refractivity contribution is 7.86. The molecule has 0 aliphatic rings. The topological polar surface area (TPSA) is 107 Å². The summed E-state index contributed by atoms with van der Waals surface area (Å²) in [5.41, 5.74) is 0. The van der Waals surface area contributed by atoms with Gasteiger partial charge in [-0.2, -0.15) is 17.2 Å². The van der Waals surface area contributed by atoms with Crippen LogP contribution in [0.3, 0.4) is 0 Å². The fourth-order valence-corrected chi connectivity index (χ4v) is 0.825. The van der Waals surface area contributed by atoms with E-state index in [0.717, 1.165) is 13.0 Å². The van der Waals surface area contributed by atoms with Gasteiger partial charge in [0.15, 0.2) is 12.7 Å². The van der Waals surface area contributed by atoms with Crippen molar-refractivity contribution in [1.82, 2.24) is 0 Å². The van der Waals surface area contributed by atoms with Gasteiger partial charge in [0.2, 0.25) is 0 Å². The van der Waals surface area contributed by atoms with E-state index in [2.05, 4.69) is 16.1 Å². The van der Waals surface area contributed by atoms with E-state index in [1.165, 1.54) is 0 Å². The molecule has 0 heterocycles. The van der Waals surface area contributed by atoms with Crippen LogP contribution in [0, 0.1) is 0 Å². The van der Waals surface area contributed by atoms with Gasteiger partial charge in [0.05, 0.1) is 0 Å². The number of ether oxygens (including phenoxy) is 2. The minimum absolute atomic E-state index is 0.733. The molecule has 1 N–H and O–H groups in total. The molecule has 1 atom stereocenters. The molecule has 7 nitrogen and oxygen atoms in total. The third-order valence-corrected chi connectivity index (χ3v) is 2.42. The molecule has 0 radical (unpaired) electrons. The number of alkyl halides is 2. The summed E-state index contributed by atoms with van der Waals surface area (Å²) in [5.74, 6) is -2.38. The highest BCUT2D eigenvalue weighted by Gasteiger charge is 2.46. The molecule has 1 unspecified atom stereocenters. The molecule has 0 amide bonds. The fraction of sp³-hybridized carbons (Fsp3) is 0.500. The van der Waals surface area contributed by atoms with E-state index in [-0.39, 0.29) is 0 Å². The molecule has 0 aromatic rings. The summed E-state index contributed by atoms with van der Waals surface area (Å²) in [6.07, 6.45) is -0.788. The molecule has 0 spiro atoms. The van der Waals surface area contributed by atoms with Crippen LogP contribution in [0.2, 0.25) is 0 Å². The van der Waals surface area contributed by atoms with Crippen molar-refractivity contribution in [3.8, 4) is 0 Å². The van der Waals surface area contributed by atoms with E-state index in [1.54, 1.807) is 0 Å². The largest absolute Gasteiger partial charge is 0.455 e. The first-order valence-corrected chi connectivity index (χ1v) is 5.80. The highest BCUT2D eigenvalue weighted by Crippen LogP contribution is 2.20. The molecule has 0 aliphatic carbocycles. The molecule has 18 heavy (non-hydrogen) atoms. The first-order valence-electron chi connectivity index (χ1n) is 4.36. The van der Waals surface area contributed by atoms with Gasteiger partial charge in [-0.05, 0) is 6.92 Å². The van der Waals surface area contributed by atoms with Crippen molar-refractivity contribution < 1.29 is 40.8 Å². The standard InChI is InChI=1S/C8H10F2O7S/c1-3-6(11)17-5(2)7(12)16-4-8(9,10)18(13,14)15/h3,5H,1,4H2,2H3,(H,13,14,15). The minimum atomic E-state index is -5.69. The van der Waals surface area contributed by atoms with Crippen LogP contribution in [-0.4, -0.2) is 42.9 Å². The summed E-state index contributed by atoms with van der Waals surface area (Å²) in [7, 11) is -5.69. The predicted octanol–water partition coefficient (Wildman–Crippen LogP) is 0.128. The van der Waals surface area contributed by atoms with Crippen LogP contribution in [0.15, 0.2) is 12.7 Å². The lowest BCUT2D eigenvalue weighted by molar-refractivity contribution is -0.167. The van der Waals surface area contributed by atoms with Gasteiger partial charge < -0.3 is 9.47 Å². The van der Waals surface area contributed by atoms with E-state index >= 15 is 0 Å². The van der Waals surface area contributed by atoms with Gasteiger partial charge in [-0.25, -0.2) is 9.59 Å². The van der Waals surface area contributed by atoms with Crippen molar-refractivity contribution in [2.24, 2.45) is 0 Å². The van der Waals surface area contributed by atoms with Crippen LogP contribution in [0.25, 0.3) is 0 Å². The zero-order valence-corrected chi connectivity index (χ0v) is 9.95. The predicted molar refractivity (Wildman–Crippen MR) is 53.2 cm³/mol. The molecular weight excluding hydrogens is 278 g/mol. The Morgan fingerprint density at radius 1 is 1.50 bits per heavy atom. The first-order chi connectivity index (χ1) is 8.01. The molecular formula is C8H10F2O7S. The van der Waals surface area contributed by atoms with Gasteiger partial charge in [-0.3, -0.25) is 4.55 Å². The average Bonchev–Trinajstić information content (AvgIpc) is 2.23. The van der Waals surface area contributed by atoms with Gasteiger partial charge >= 0.3 is 27.3 Å². The smallest absolute Gasteiger partial charge is 0.402 e. The maximum atomic E-state index is 12.6. The van der Waals surface area contributed by atoms with Gasteiger partial charge in [0.1, 0.15) is 0 Å². The maximum Gasteiger partial charge on any atom is 0.402 e. The summed E-state index contributed by atoms with van der Waals surface area (Å²) >= 11 is 0. The van der Waals surface area contributed by atoms with E-state index < -0.39 is 40.0 Å². The van der Waals surface area contributed by atoms with Gasteiger partial charge in [0, 0.05) is 6.08 Å². The van der Waals surface area contributed by atoms with Crippen molar-refractivity contribution in [2.45, 2.75) is 18.3 Å². The Labute approximate surface area is 101 Å². The van der Waals surface area contributed by atoms with Gasteiger partial charge in [0.25, 0.3) is 0 Å². The number of hydrogen-bond donors (Lipinski definition) is 1. The van der Waals surface area contributed by atoms with Crippen molar-refractivity contribution >= 4 is 22.1 Å². The Bertz CT molecular complexity index is 442. The molecule has 0 saturated carbocycles. The zero-order valence-electron chi connectivity index (χ0n) is 9.13. The van der Waals surface area contributed by atoms with Gasteiger partial charge in [-0.1, -0.05) is 6.58 Å². The molecule has 0 aliphatic heterocycles. The number of esters is 2. The maximum absolute atomic E-state index is 12.6. The third kappa shape index (κ3) is 4.75. The second kappa shape index (κ2) is 5.87. The molecule has 0 aromatic carbocycles. The first kappa shape index (κ1) is 16.4. The Kier molecular flexibility index (Phi) is 5.36. The Morgan fingerprint density at radius 3 is 2.39 bits per heavy atom. The van der Waals surface area contributed by atoms with E-state index in [0.29, 0.717) is 0 Å². The SMILES string of the molecule is C=CC(=O)OC(C)C(=O)OCC(F)(F)S(=O)(=O)O. The highest BCUT2D eigenvalue weighted by atomic mass is 32.2. The summed E-state index contributed by atoms with van der Waals surface area (Å²) in [6.45, 7) is 2.17. The summed E-state index contributed by atoms with van der Waals surface area (Å²) < 4.78 is 62.0. The number of hydrogen-bond acceptors (Lipinski definition) is 6. The third-order valence-electron chi connectivity index (χ3n) is 1.55. The quantitative estimate of drug-likeness (QED) is 0.420. The van der Waals surface area contributed by atoms with Crippen LogP contribution < -0.4 is 0 Å². The normalized spacial score (nSPS) is 13.6. The zero-order chi connectivity index (χ0) is 14.6. The van der Waals surface area contributed by atoms with E-state index in [9.17, 15) is 26.8 Å². The Balaban J connectivity index is 4.44. The van der Waals surface area contributed by atoms with Crippen LogP contribution >= 0.6 is 0 Å². The summed E-state index contributed by atoms with van der Waals surface area (Å²) in [4.78, 5) is 21.7. The average molecular weight is 288 g/mol. The number of halogens is 2. The van der Waals surface area contributed by atoms with E-state index in [4.69, 9.17) is 4.55 Å². The second-order valence-electron chi connectivity index (χ2n) is 3.00. The number of carbonyl (C=O) groups excluding carboxylic acids is 2. The Hall–Kier alpha value is -1.55. The van der Waals surface area contributed by atoms with Gasteiger partial charge in [-0.15, -0.1) is 0 Å². The van der Waals surface area contributed by atoms with Crippen molar-refractivity contribution in [2.75, 3.05) is 6.61 Å². The Morgan fingerprint density at radius 2 is 2.00 bits per heavy atom. The molecule has 0 saturated heterocycles. The van der Waals surface area contributed by atoms with Crippen molar-refractivity contribution in [1.29, 1.82) is 0 Å². The number of rotatable bonds is 6. The molecule has 104 valence electrons. The lowest BCUT2D eigenvalue weighted by Gasteiger charge is -2.15. The van der Waals surface area contributed by atoms with Crippen molar-refractivity contribution in [3.63, 3.8) is 0 Å².